The van der Waals surface area contributed by atoms with Crippen LogP contribution < -0.4 is 11.0 Å². The minimum Gasteiger partial charge on any atom is -0.343 e. The van der Waals surface area contributed by atoms with Gasteiger partial charge in [0.1, 0.15) is 17.5 Å². The molecule has 0 saturated carbocycles. The summed E-state index contributed by atoms with van der Waals surface area (Å²) >= 11 is 1.64. The molecule has 6 nitrogen and oxygen atoms in total. The van der Waals surface area contributed by atoms with E-state index in [9.17, 15) is 9.59 Å². The Morgan fingerprint density at radius 2 is 2.47 bits per heavy atom. The number of thioether (sulfide) groups is 1. The predicted octanol–water partition coefficient (Wildman–Crippen LogP) is 0.810. The van der Waals surface area contributed by atoms with Gasteiger partial charge in [-0.15, -0.1) is 11.8 Å². The number of nitrogens with one attached hydrogen (secondary N) is 1. The molecule has 1 aromatic rings. The van der Waals surface area contributed by atoms with Crippen LogP contribution in [0.25, 0.3) is 0 Å². The highest BCUT2D eigenvalue weighted by atomic mass is 32.2. The maximum Gasteiger partial charge on any atom is 0.351 e. The van der Waals surface area contributed by atoms with E-state index in [1.54, 1.807) is 24.0 Å². The minimum atomic E-state index is -0.420. The van der Waals surface area contributed by atoms with Crippen LogP contribution in [0.4, 0.5) is 5.82 Å². The fraction of sp³-hybridized carbons (Fsp3) is 0.500. The van der Waals surface area contributed by atoms with Crippen molar-refractivity contribution in [3.63, 3.8) is 0 Å². The molecular weight excluding hydrogens is 242 g/mol. The van der Waals surface area contributed by atoms with Gasteiger partial charge in [0.25, 0.3) is 0 Å². The van der Waals surface area contributed by atoms with Crippen LogP contribution in [0, 0.1) is 0 Å². The first-order valence-corrected chi connectivity index (χ1v) is 6.25. The van der Waals surface area contributed by atoms with Crippen LogP contribution in [0.1, 0.15) is 20.1 Å². The minimum absolute atomic E-state index is 0.0851. The van der Waals surface area contributed by atoms with Gasteiger partial charge in [-0.3, -0.25) is 9.36 Å². The average molecular weight is 255 g/mol. The second kappa shape index (κ2) is 4.89. The molecule has 2 unspecified atom stereocenters. The van der Waals surface area contributed by atoms with Gasteiger partial charge in [-0.25, -0.2) is 4.79 Å². The van der Waals surface area contributed by atoms with Gasteiger partial charge >= 0.3 is 5.69 Å². The molecule has 1 amide bonds. The van der Waals surface area contributed by atoms with Crippen molar-refractivity contribution in [2.45, 2.75) is 25.5 Å². The van der Waals surface area contributed by atoms with E-state index in [2.05, 4.69) is 10.3 Å². The standard InChI is InChI=1S/C10H13N3O3S/c1-6(14)11-8-3-4-13(10(15)12-8)9-5-17-7(2)16-9/h3-4,7,9H,5H2,1-2H3,(H,11,12,14,15). The zero-order valence-electron chi connectivity index (χ0n) is 9.54. The van der Waals surface area contributed by atoms with Crippen molar-refractivity contribution in [1.29, 1.82) is 0 Å². The number of amides is 1. The maximum absolute atomic E-state index is 11.7. The summed E-state index contributed by atoms with van der Waals surface area (Å²) in [5.74, 6) is 0.732. The van der Waals surface area contributed by atoms with E-state index < -0.39 is 5.69 Å². The highest BCUT2D eigenvalue weighted by Gasteiger charge is 2.24. The molecule has 1 saturated heterocycles. The van der Waals surface area contributed by atoms with E-state index in [4.69, 9.17) is 4.74 Å². The van der Waals surface area contributed by atoms with Crippen LogP contribution in [0.3, 0.4) is 0 Å². The number of ether oxygens (including phenoxy) is 1. The number of hydrogen-bond donors (Lipinski definition) is 1. The Bertz CT molecular complexity index is 488. The molecule has 1 aliphatic heterocycles. The molecule has 0 aromatic carbocycles. The predicted molar refractivity (Wildman–Crippen MR) is 64.8 cm³/mol. The molecule has 0 aliphatic carbocycles. The lowest BCUT2D eigenvalue weighted by Gasteiger charge is -2.13. The Morgan fingerprint density at radius 3 is 3.00 bits per heavy atom. The van der Waals surface area contributed by atoms with Gasteiger partial charge < -0.3 is 10.1 Å². The second-order valence-electron chi connectivity index (χ2n) is 3.68. The summed E-state index contributed by atoms with van der Waals surface area (Å²) in [6, 6.07) is 1.58. The molecule has 92 valence electrons. The van der Waals surface area contributed by atoms with Crippen molar-refractivity contribution in [2.24, 2.45) is 0 Å². The molecule has 0 spiro atoms. The largest absolute Gasteiger partial charge is 0.351 e. The Morgan fingerprint density at radius 1 is 1.71 bits per heavy atom. The van der Waals surface area contributed by atoms with E-state index in [1.807, 2.05) is 6.92 Å². The van der Waals surface area contributed by atoms with Gasteiger partial charge in [-0.2, -0.15) is 4.98 Å². The molecule has 17 heavy (non-hydrogen) atoms. The summed E-state index contributed by atoms with van der Waals surface area (Å²) in [5, 5.41) is 2.46. The van der Waals surface area contributed by atoms with Crippen LogP contribution in [0.2, 0.25) is 0 Å². The van der Waals surface area contributed by atoms with E-state index in [1.165, 1.54) is 11.5 Å². The fourth-order valence-electron chi connectivity index (χ4n) is 1.55. The number of nitrogens with zero attached hydrogens (tertiary/aromatic N) is 2. The Labute approximate surface area is 102 Å². The van der Waals surface area contributed by atoms with Crippen molar-refractivity contribution in [2.75, 3.05) is 11.1 Å². The van der Waals surface area contributed by atoms with Crippen molar-refractivity contribution < 1.29 is 9.53 Å². The summed E-state index contributed by atoms with van der Waals surface area (Å²) in [4.78, 5) is 26.3. The quantitative estimate of drug-likeness (QED) is 0.846. The van der Waals surface area contributed by atoms with Crippen LogP contribution in [0.15, 0.2) is 17.1 Å². The zero-order valence-corrected chi connectivity index (χ0v) is 10.4. The molecule has 1 fully saturated rings. The molecule has 2 rings (SSSR count). The summed E-state index contributed by atoms with van der Waals surface area (Å²) < 4.78 is 6.98. The number of hydrogen-bond acceptors (Lipinski definition) is 5. The SMILES string of the molecule is CC(=O)Nc1ccn(C2CSC(C)O2)c(=O)n1. The highest BCUT2D eigenvalue weighted by Crippen LogP contribution is 2.30. The zero-order chi connectivity index (χ0) is 12.4. The summed E-state index contributed by atoms with van der Waals surface area (Å²) in [6.45, 7) is 3.31. The van der Waals surface area contributed by atoms with E-state index in [0.717, 1.165) is 5.75 Å². The van der Waals surface area contributed by atoms with Crippen LogP contribution in [-0.4, -0.2) is 26.6 Å². The number of carbonyl (C=O) groups excluding carboxylic acids is 1. The normalized spacial score (nSPS) is 23.6. The van der Waals surface area contributed by atoms with Crippen LogP contribution in [0.5, 0.6) is 0 Å². The van der Waals surface area contributed by atoms with Gasteiger partial charge in [0.05, 0.1) is 0 Å². The van der Waals surface area contributed by atoms with Crippen molar-refractivity contribution in [3.05, 3.63) is 22.7 Å². The van der Waals surface area contributed by atoms with Crippen molar-refractivity contribution >= 4 is 23.5 Å². The third-order valence-electron chi connectivity index (χ3n) is 2.27. The highest BCUT2D eigenvalue weighted by molar-refractivity contribution is 7.99. The lowest BCUT2D eigenvalue weighted by atomic mass is 10.5. The maximum atomic E-state index is 11.7. The van der Waals surface area contributed by atoms with Gasteiger partial charge in [0.2, 0.25) is 5.91 Å². The van der Waals surface area contributed by atoms with Crippen LogP contribution in [-0.2, 0) is 9.53 Å². The third-order valence-corrected chi connectivity index (χ3v) is 3.32. The van der Waals surface area contributed by atoms with E-state index >= 15 is 0 Å². The first-order valence-electron chi connectivity index (χ1n) is 5.20. The smallest absolute Gasteiger partial charge is 0.343 e. The summed E-state index contributed by atoms with van der Waals surface area (Å²) in [5.41, 5.74) is -0.335. The topological polar surface area (TPSA) is 73.2 Å². The molecule has 7 heteroatoms. The van der Waals surface area contributed by atoms with Crippen LogP contribution >= 0.6 is 11.8 Å². The van der Waals surface area contributed by atoms with E-state index in [-0.39, 0.29) is 23.4 Å². The molecule has 1 aromatic heterocycles. The Hall–Kier alpha value is -1.34. The monoisotopic (exact) mass is 255 g/mol. The summed E-state index contributed by atoms with van der Waals surface area (Å²) in [6.07, 6.45) is 1.31. The van der Waals surface area contributed by atoms with Gasteiger partial charge in [0.15, 0.2) is 0 Å². The third kappa shape index (κ3) is 2.86. The molecule has 1 N–H and O–H groups in total. The van der Waals surface area contributed by atoms with Crippen molar-refractivity contribution in [1.82, 2.24) is 9.55 Å². The molecule has 0 bridgehead atoms. The van der Waals surface area contributed by atoms with Gasteiger partial charge in [-0.05, 0) is 13.0 Å². The molecular formula is C10H13N3O3S. The average Bonchev–Trinajstić information content (AvgIpc) is 2.64. The van der Waals surface area contributed by atoms with Crippen molar-refractivity contribution in [3.8, 4) is 0 Å². The van der Waals surface area contributed by atoms with E-state index in [0.29, 0.717) is 0 Å². The number of aromatic nitrogens is 2. The molecule has 1 aliphatic rings. The summed E-state index contributed by atoms with van der Waals surface area (Å²) in [7, 11) is 0. The number of anilines is 1. The lowest BCUT2D eigenvalue weighted by Crippen LogP contribution is -2.28. The number of rotatable bonds is 2. The molecule has 2 atom stereocenters. The number of carbonyl (C=O) groups is 1. The fourth-order valence-corrected chi connectivity index (χ4v) is 2.43. The lowest BCUT2D eigenvalue weighted by molar-refractivity contribution is -0.114. The van der Waals surface area contributed by atoms with Gasteiger partial charge in [-0.1, -0.05) is 0 Å². The molecule has 2 heterocycles. The Balaban J connectivity index is 2.20. The van der Waals surface area contributed by atoms with Gasteiger partial charge in [0, 0.05) is 18.9 Å². The second-order valence-corrected chi connectivity index (χ2v) is 5.01. The first kappa shape index (κ1) is 12.1. The molecule has 0 radical (unpaired) electrons. The first-order chi connectivity index (χ1) is 8.06. The Kier molecular flexibility index (Phi) is 3.49.